The number of carbonyl (C=O) groups is 3. The van der Waals surface area contributed by atoms with Gasteiger partial charge in [-0.25, -0.2) is 9.59 Å². The third kappa shape index (κ3) is 6.91. The van der Waals surface area contributed by atoms with Crippen LogP contribution in [-0.4, -0.2) is 42.3 Å². The quantitative estimate of drug-likeness (QED) is 0.603. The van der Waals surface area contributed by atoms with Crippen LogP contribution < -0.4 is 15.4 Å². The molecular formula is C16H20F2N2O6. The highest BCUT2D eigenvalue weighted by Crippen LogP contribution is 2.28. The summed E-state index contributed by atoms with van der Waals surface area (Å²) in [7, 11) is 1.13. The largest absolute Gasteiger partial charge is 0.481 e. The lowest BCUT2D eigenvalue weighted by Gasteiger charge is -2.26. The Labute approximate surface area is 148 Å². The number of anilines is 1. The molecule has 0 aromatic heterocycles. The van der Waals surface area contributed by atoms with Gasteiger partial charge in [0.05, 0.1) is 18.4 Å². The number of hydrogen-bond donors (Lipinski definition) is 3. The van der Waals surface area contributed by atoms with Crippen LogP contribution in [0.5, 0.6) is 5.75 Å². The number of halogens is 2. The van der Waals surface area contributed by atoms with Gasteiger partial charge in [-0.15, -0.1) is 0 Å². The fraction of sp³-hybridized carbons (Fsp3) is 0.438. The van der Waals surface area contributed by atoms with Gasteiger partial charge in [0, 0.05) is 12.0 Å². The molecule has 144 valence electrons. The van der Waals surface area contributed by atoms with E-state index in [-0.39, 0.29) is 24.1 Å². The molecule has 8 nitrogen and oxygen atoms in total. The van der Waals surface area contributed by atoms with E-state index in [0.29, 0.717) is 0 Å². The predicted molar refractivity (Wildman–Crippen MR) is 87.5 cm³/mol. The van der Waals surface area contributed by atoms with Crippen molar-refractivity contribution >= 4 is 23.7 Å². The van der Waals surface area contributed by atoms with E-state index < -0.39 is 35.9 Å². The number of amides is 2. The molecular weight excluding hydrogens is 354 g/mol. The summed E-state index contributed by atoms with van der Waals surface area (Å²) in [6, 6.07) is 2.76. The van der Waals surface area contributed by atoms with Gasteiger partial charge < -0.3 is 25.2 Å². The molecule has 0 atom stereocenters. The molecule has 10 heteroatoms. The second-order valence-corrected chi connectivity index (χ2v) is 5.94. The van der Waals surface area contributed by atoms with E-state index in [2.05, 4.69) is 20.1 Å². The van der Waals surface area contributed by atoms with Crippen molar-refractivity contribution in [1.29, 1.82) is 0 Å². The van der Waals surface area contributed by atoms with Crippen molar-refractivity contribution in [3.8, 4) is 5.75 Å². The van der Waals surface area contributed by atoms with Crippen LogP contribution in [0, 0.1) is 0 Å². The van der Waals surface area contributed by atoms with Gasteiger partial charge in [0.1, 0.15) is 0 Å². The Hall–Kier alpha value is -2.91. The van der Waals surface area contributed by atoms with Crippen LogP contribution in [0.15, 0.2) is 18.2 Å². The lowest BCUT2D eigenvalue weighted by molar-refractivity contribution is -0.137. The number of nitrogens with one attached hydrogen (secondary N) is 2. The highest BCUT2D eigenvalue weighted by Gasteiger charge is 2.23. The lowest BCUT2D eigenvalue weighted by atomic mass is 9.99. The molecule has 1 aromatic rings. The molecule has 0 fully saturated rings. The van der Waals surface area contributed by atoms with E-state index in [0.717, 1.165) is 13.2 Å². The Morgan fingerprint density at radius 2 is 1.92 bits per heavy atom. The van der Waals surface area contributed by atoms with Crippen molar-refractivity contribution in [3.05, 3.63) is 23.8 Å². The van der Waals surface area contributed by atoms with Gasteiger partial charge in [-0.05, 0) is 38.5 Å². The monoisotopic (exact) mass is 374 g/mol. The molecule has 26 heavy (non-hydrogen) atoms. The predicted octanol–water partition coefficient (Wildman–Crippen LogP) is 2.84. The van der Waals surface area contributed by atoms with Crippen LogP contribution in [-0.2, 0) is 9.53 Å². The highest BCUT2D eigenvalue weighted by molar-refractivity contribution is 5.94. The summed E-state index contributed by atoms with van der Waals surface area (Å²) in [6.07, 6.45) is 0.0122. The van der Waals surface area contributed by atoms with Crippen molar-refractivity contribution < 1.29 is 37.7 Å². The van der Waals surface area contributed by atoms with Crippen LogP contribution >= 0.6 is 0 Å². The third-order valence-corrected chi connectivity index (χ3v) is 3.28. The third-order valence-electron chi connectivity index (χ3n) is 3.28. The van der Waals surface area contributed by atoms with Gasteiger partial charge in [0.25, 0.3) is 0 Å². The van der Waals surface area contributed by atoms with Crippen LogP contribution in [0.2, 0.25) is 0 Å². The standard InChI is InChI=1S/C16H20F2N2O6/c1-16(2,7-6-12(21)22)20-15(24)19-10-5-4-9(13(23)25-3)8-11(10)26-14(17)18/h4-5,8,14H,6-7H2,1-3H3,(H,21,22)(H2,19,20,24). The number of ether oxygens (including phenoxy) is 2. The first-order valence-corrected chi connectivity index (χ1v) is 7.52. The van der Waals surface area contributed by atoms with E-state index in [9.17, 15) is 23.2 Å². The van der Waals surface area contributed by atoms with Crippen molar-refractivity contribution in [2.24, 2.45) is 0 Å². The van der Waals surface area contributed by atoms with Crippen LogP contribution in [0.4, 0.5) is 19.3 Å². The second kappa shape index (κ2) is 8.97. The van der Waals surface area contributed by atoms with Crippen LogP contribution in [0.1, 0.15) is 37.0 Å². The average Bonchev–Trinajstić information content (AvgIpc) is 2.53. The Morgan fingerprint density at radius 3 is 2.46 bits per heavy atom. The number of alkyl halides is 2. The number of urea groups is 1. The number of carboxylic acids is 1. The molecule has 0 spiro atoms. The Morgan fingerprint density at radius 1 is 1.27 bits per heavy atom. The summed E-state index contributed by atoms with van der Waals surface area (Å²) in [5.74, 6) is -2.18. The van der Waals surface area contributed by atoms with Gasteiger partial charge in [0.15, 0.2) is 5.75 Å². The number of esters is 1. The zero-order chi connectivity index (χ0) is 19.9. The number of rotatable bonds is 8. The zero-order valence-electron chi connectivity index (χ0n) is 14.5. The maximum atomic E-state index is 12.6. The summed E-state index contributed by atoms with van der Waals surface area (Å²) in [5, 5.41) is 13.6. The topological polar surface area (TPSA) is 114 Å². The van der Waals surface area contributed by atoms with Gasteiger partial charge in [0.2, 0.25) is 0 Å². The van der Waals surface area contributed by atoms with Gasteiger partial charge in [-0.1, -0.05) is 0 Å². The summed E-state index contributed by atoms with van der Waals surface area (Å²) in [4.78, 5) is 34.2. The number of aliphatic carboxylic acids is 1. The minimum absolute atomic E-state index is 0.0316. The summed E-state index contributed by atoms with van der Waals surface area (Å²) >= 11 is 0. The van der Waals surface area contributed by atoms with Crippen LogP contribution in [0.3, 0.4) is 0 Å². The number of carbonyl (C=O) groups excluding carboxylic acids is 2. The number of benzene rings is 1. The number of carboxylic acid groups (broad SMARTS) is 1. The first-order chi connectivity index (χ1) is 12.0. The maximum absolute atomic E-state index is 12.6. The molecule has 0 saturated carbocycles. The highest BCUT2D eigenvalue weighted by atomic mass is 19.3. The minimum atomic E-state index is -3.17. The first-order valence-electron chi connectivity index (χ1n) is 7.52. The number of hydrogen-bond acceptors (Lipinski definition) is 5. The molecule has 3 N–H and O–H groups in total. The molecule has 0 bridgehead atoms. The molecule has 1 aromatic carbocycles. The van der Waals surface area contributed by atoms with E-state index in [1.54, 1.807) is 13.8 Å². The van der Waals surface area contributed by atoms with Gasteiger partial charge in [-0.3, -0.25) is 4.79 Å². The lowest BCUT2D eigenvalue weighted by Crippen LogP contribution is -2.45. The van der Waals surface area contributed by atoms with Crippen molar-refractivity contribution in [2.45, 2.75) is 38.8 Å². The van der Waals surface area contributed by atoms with Crippen molar-refractivity contribution in [2.75, 3.05) is 12.4 Å². The molecule has 0 unspecified atom stereocenters. The molecule has 0 aliphatic rings. The maximum Gasteiger partial charge on any atom is 0.387 e. The summed E-state index contributed by atoms with van der Waals surface area (Å²) < 4.78 is 34.0. The fourth-order valence-corrected chi connectivity index (χ4v) is 2.01. The molecule has 0 heterocycles. The Kier molecular flexibility index (Phi) is 7.29. The minimum Gasteiger partial charge on any atom is -0.481 e. The summed E-state index contributed by atoms with van der Waals surface area (Å²) in [5.41, 5.74) is -0.974. The Balaban J connectivity index is 2.91. The Bertz CT molecular complexity index is 679. The zero-order valence-corrected chi connectivity index (χ0v) is 14.5. The molecule has 0 aliphatic heterocycles. The van der Waals surface area contributed by atoms with Crippen molar-refractivity contribution in [3.63, 3.8) is 0 Å². The SMILES string of the molecule is COC(=O)c1ccc(NC(=O)NC(C)(C)CCC(=O)O)c(OC(F)F)c1. The molecule has 0 saturated heterocycles. The van der Waals surface area contributed by atoms with Gasteiger partial charge in [-0.2, -0.15) is 8.78 Å². The van der Waals surface area contributed by atoms with Gasteiger partial charge >= 0.3 is 24.6 Å². The first kappa shape index (κ1) is 21.1. The smallest absolute Gasteiger partial charge is 0.387 e. The number of methoxy groups -OCH3 is 1. The van der Waals surface area contributed by atoms with Crippen molar-refractivity contribution in [1.82, 2.24) is 5.32 Å². The van der Waals surface area contributed by atoms with Crippen LogP contribution in [0.25, 0.3) is 0 Å². The molecule has 1 rings (SSSR count). The van der Waals surface area contributed by atoms with E-state index in [1.165, 1.54) is 12.1 Å². The average molecular weight is 374 g/mol. The molecule has 0 radical (unpaired) electrons. The second-order valence-electron chi connectivity index (χ2n) is 5.94. The molecule has 2 amide bonds. The van der Waals surface area contributed by atoms with E-state index >= 15 is 0 Å². The normalized spacial score (nSPS) is 11.0. The van der Waals surface area contributed by atoms with E-state index in [4.69, 9.17) is 5.11 Å². The fourth-order valence-electron chi connectivity index (χ4n) is 2.01. The van der Waals surface area contributed by atoms with E-state index in [1.807, 2.05) is 0 Å². The molecule has 0 aliphatic carbocycles. The summed E-state index contributed by atoms with van der Waals surface area (Å²) in [6.45, 7) is 0.0670.